The third-order valence-electron chi connectivity index (χ3n) is 5.20. The summed E-state index contributed by atoms with van der Waals surface area (Å²) in [5, 5.41) is 8.95. The van der Waals surface area contributed by atoms with E-state index in [1.54, 1.807) is 11.7 Å². The van der Waals surface area contributed by atoms with E-state index in [0.717, 1.165) is 28.2 Å². The smallest absolute Gasteiger partial charge is 0.271 e. The highest BCUT2D eigenvalue weighted by Crippen LogP contribution is 2.24. The molecule has 31 heavy (non-hydrogen) atoms. The van der Waals surface area contributed by atoms with Crippen LogP contribution >= 0.6 is 11.3 Å². The van der Waals surface area contributed by atoms with Gasteiger partial charge in [0.05, 0.1) is 17.4 Å². The van der Waals surface area contributed by atoms with Crippen molar-refractivity contribution < 1.29 is 4.74 Å². The van der Waals surface area contributed by atoms with E-state index in [-0.39, 0.29) is 11.6 Å². The van der Waals surface area contributed by atoms with Crippen LogP contribution in [0.1, 0.15) is 22.7 Å². The summed E-state index contributed by atoms with van der Waals surface area (Å²) in [6, 6.07) is 27.1. The quantitative estimate of drug-likeness (QED) is 0.503. The van der Waals surface area contributed by atoms with Gasteiger partial charge in [0.2, 0.25) is 4.80 Å². The van der Waals surface area contributed by atoms with Crippen molar-refractivity contribution in [2.24, 2.45) is 10.2 Å². The van der Waals surface area contributed by atoms with Crippen LogP contribution in [0.5, 0.6) is 5.75 Å². The van der Waals surface area contributed by atoms with Crippen LogP contribution in [0.3, 0.4) is 0 Å². The van der Waals surface area contributed by atoms with Gasteiger partial charge < -0.3 is 4.74 Å². The minimum Gasteiger partial charge on any atom is -0.497 e. The molecule has 3 aromatic carbocycles. The molecule has 1 aliphatic rings. The topological polar surface area (TPSA) is 56.0 Å². The fourth-order valence-electron chi connectivity index (χ4n) is 3.68. The van der Waals surface area contributed by atoms with Crippen molar-refractivity contribution in [3.63, 3.8) is 0 Å². The standard InChI is InChI=1S/C25H19N3O2S/c1-30-20-14-12-17(13-15-20)16-21-24(29)28-23(19-10-6-3-7-11-19)22(26-27-25(28)31-21)18-8-4-2-5-9-18/h2-16,23H,1H3. The van der Waals surface area contributed by atoms with Gasteiger partial charge in [-0.2, -0.15) is 0 Å². The molecule has 1 aromatic heterocycles. The van der Waals surface area contributed by atoms with Crippen LogP contribution in [0.2, 0.25) is 0 Å². The highest BCUT2D eigenvalue weighted by molar-refractivity contribution is 7.07. The van der Waals surface area contributed by atoms with Crippen molar-refractivity contribution in [1.29, 1.82) is 0 Å². The van der Waals surface area contributed by atoms with E-state index in [1.807, 2.05) is 91.0 Å². The maximum absolute atomic E-state index is 13.5. The molecular weight excluding hydrogens is 406 g/mol. The molecular formula is C25H19N3O2S. The zero-order valence-corrected chi connectivity index (χ0v) is 17.6. The van der Waals surface area contributed by atoms with Gasteiger partial charge in [0.1, 0.15) is 11.8 Å². The van der Waals surface area contributed by atoms with E-state index < -0.39 is 0 Å². The molecule has 0 saturated heterocycles. The van der Waals surface area contributed by atoms with Crippen molar-refractivity contribution in [1.82, 2.24) is 4.57 Å². The van der Waals surface area contributed by atoms with E-state index in [9.17, 15) is 4.79 Å². The number of fused-ring (bicyclic) bond motifs is 1. The molecule has 0 amide bonds. The molecule has 6 heteroatoms. The number of hydrogen-bond acceptors (Lipinski definition) is 5. The Morgan fingerprint density at radius 3 is 2.26 bits per heavy atom. The summed E-state index contributed by atoms with van der Waals surface area (Å²) in [7, 11) is 1.63. The molecule has 1 atom stereocenters. The van der Waals surface area contributed by atoms with Gasteiger partial charge in [0.15, 0.2) is 0 Å². The summed E-state index contributed by atoms with van der Waals surface area (Å²) >= 11 is 1.35. The van der Waals surface area contributed by atoms with Crippen molar-refractivity contribution in [3.8, 4) is 5.75 Å². The Morgan fingerprint density at radius 1 is 0.903 bits per heavy atom. The molecule has 0 spiro atoms. The van der Waals surface area contributed by atoms with Crippen LogP contribution in [0, 0.1) is 0 Å². The van der Waals surface area contributed by atoms with Crippen LogP contribution in [0.15, 0.2) is 99.9 Å². The van der Waals surface area contributed by atoms with Gasteiger partial charge in [0, 0.05) is 5.56 Å². The predicted octanol–water partition coefficient (Wildman–Crippen LogP) is 3.37. The van der Waals surface area contributed by atoms with Crippen LogP contribution in [-0.4, -0.2) is 17.4 Å². The summed E-state index contributed by atoms with van der Waals surface area (Å²) in [5.41, 5.74) is 3.56. The molecule has 4 aromatic rings. The summed E-state index contributed by atoms with van der Waals surface area (Å²) in [4.78, 5) is 14.1. The highest BCUT2D eigenvalue weighted by Gasteiger charge is 2.28. The van der Waals surface area contributed by atoms with Crippen LogP contribution in [0.4, 0.5) is 0 Å². The maximum Gasteiger partial charge on any atom is 0.271 e. The van der Waals surface area contributed by atoms with E-state index >= 15 is 0 Å². The number of rotatable bonds is 4. The lowest BCUT2D eigenvalue weighted by Crippen LogP contribution is -2.40. The first-order chi connectivity index (χ1) is 15.2. The van der Waals surface area contributed by atoms with Crippen LogP contribution in [0.25, 0.3) is 6.08 Å². The second kappa shape index (κ2) is 8.16. The van der Waals surface area contributed by atoms with E-state index in [0.29, 0.717) is 9.33 Å². The second-order valence-electron chi connectivity index (χ2n) is 7.11. The van der Waals surface area contributed by atoms with E-state index in [1.165, 1.54) is 11.3 Å². The number of hydrogen-bond donors (Lipinski definition) is 0. The Labute approximate surface area is 182 Å². The zero-order chi connectivity index (χ0) is 21.2. The number of nitrogens with zero attached hydrogens (tertiary/aromatic N) is 3. The molecule has 0 bridgehead atoms. The summed E-state index contributed by atoms with van der Waals surface area (Å²) in [5.74, 6) is 0.777. The first-order valence-electron chi connectivity index (χ1n) is 9.87. The number of ether oxygens (including phenoxy) is 1. The Balaban J connectivity index is 1.68. The SMILES string of the molecule is COc1ccc(C=c2sc3n(c2=O)C(c2ccccc2)C(c2ccccc2)=NN=3)cc1. The molecule has 0 radical (unpaired) electrons. The Bertz CT molecular complexity index is 1420. The number of thiazole rings is 1. The molecule has 5 nitrogen and oxygen atoms in total. The molecule has 2 heterocycles. The van der Waals surface area contributed by atoms with Crippen molar-refractivity contribution >= 4 is 23.1 Å². The molecule has 0 N–H and O–H groups in total. The second-order valence-corrected chi connectivity index (χ2v) is 8.12. The molecule has 152 valence electrons. The van der Waals surface area contributed by atoms with E-state index in [2.05, 4.69) is 10.2 Å². The number of benzene rings is 3. The van der Waals surface area contributed by atoms with Gasteiger partial charge in [-0.05, 0) is 29.3 Å². The average Bonchev–Trinajstić information content (AvgIpc) is 3.15. The Morgan fingerprint density at radius 2 is 1.58 bits per heavy atom. The fourth-order valence-corrected chi connectivity index (χ4v) is 4.62. The zero-order valence-electron chi connectivity index (χ0n) is 16.8. The van der Waals surface area contributed by atoms with Gasteiger partial charge in [-0.25, -0.2) is 0 Å². The lowest BCUT2D eigenvalue weighted by atomic mass is 9.96. The predicted molar refractivity (Wildman–Crippen MR) is 123 cm³/mol. The summed E-state index contributed by atoms with van der Waals surface area (Å²) < 4.78 is 7.59. The van der Waals surface area contributed by atoms with Crippen molar-refractivity contribution in [2.75, 3.05) is 7.11 Å². The normalized spacial score (nSPS) is 15.7. The van der Waals surface area contributed by atoms with Gasteiger partial charge >= 0.3 is 0 Å². The number of methoxy groups -OCH3 is 1. The van der Waals surface area contributed by atoms with E-state index in [4.69, 9.17) is 4.74 Å². The van der Waals surface area contributed by atoms with Crippen LogP contribution in [-0.2, 0) is 0 Å². The molecule has 1 unspecified atom stereocenters. The third kappa shape index (κ3) is 3.62. The first-order valence-corrected chi connectivity index (χ1v) is 10.7. The lowest BCUT2D eigenvalue weighted by Gasteiger charge is -2.22. The molecule has 1 aliphatic heterocycles. The maximum atomic E-state index is 13.5. The molecule has 0 aliphatic carbocycles. The molecule has 0 saturated carbocycles. The van der Waals surface area contributed by atoms with Crippen LogP contribution < -0.4 is 19.6 Å². The minimum absolute atomic E-state index is 0.0725. The molecule has 5 rings (SSSR count). The summed E-state index contributed by atoms with van der Waals surface area (Å²) in [6.07, 6.45) is 1.89. The Hall–Kier alpha value is -3.77. The minimum atomic E-state index is -0.335. The van der Waals surface area contributed by atoms with Crippen molar-refractivity contribution in [2.45, 2.75) is 6.04 Å². The number of aromatic nitrogens is 1. The largest absolute Gasteiger partial charge is 0.497 e. The van der Waals surface area contributed by atoms with Crippen molar-refractivity contribution in [3.05, 3.63) is 121 Å². The van der Waals surface area contributed by atoms with Gasteiger partial charge in [-0.3, -0.25) is 9.36 Å². The summed E-state index contributed by atoms with van der Waals surface area (Å²) in [6.45, 7) is 0. The third-order valence-corrected chi connectivity index (χ3v) is 6.17. The average molecular weight is 426 g/mol. The lowest BCUT2D eigenvalue weighted by molar-refractivity contribution is 0.415. The monoisotopic (exact) mass is 425 g/mol. The molecule has 0 fully saturated rings. The Kier molecular flexibility index (Phi) is 5.06. The van der Waals surface area contributed by atoms with Gasteiger partial charge in [-0.15, -0.1) is 10.2 Å². The first kappa shape index (κ1) is 19.2. The fraction of sp³-hybridized carbons (Fsp3) is 0.0800. The highest BCUT2D eigenvalue weighted by atomic mass is 32.1. The van der Waals surface area contributed by atoms with Gasteiger partial charge in [0.25, 0.3) is 5.56 Å². The van der Waals surface area contributed by atoms with Gasteiger partial charge in [-0.1, -0.05) is 84.1 Å².